The minimum absolute atomic E-state index is 0. The predicted octanol–water partition coefficient (Wildman–Crippen LogP) is 1.00. The topological polar surface area (TPSA) is 55.8 Å². The van der Waals surface area contributed by atoms with Crippen LogP contribution in [0.25, 0.3) is 6.08 Å². The monoisotopic (exact) mass is 355 g/mol. The van der Waals surface area contributed by atoms with Gasteiger partial charge in [0.25, 0.3) is 0 Å². The third-order valence-electron chi connectivity index (χ3n) is 3.78. The first kappa shape index (κ1) is 21.7. The smallest absolute Gasteiger partial charge is 1.00 e. The van der Waals surface area contributed by atoms with Crippen molar-refractivity contribution in [3.63, 3.8) is 0 Å². The fourth-order valence-corrected chi connectivity index (χ4v) is 2.59. The molecule has 1 heterocycles. The minimum Gasteiger partial charge on any atom is -1.00 e. The van der Waals surface area contributed by atoms with Crippen LogP contribution in [0.3, 0.4) is 0 Å². The summed E-state index contributed by atoms with van der Waals surface area (Å²) in [6.45, 7) is 6.85. The molecule has 2 rings (SSSR count). The van der Waals surface area contributed by atoms with Gasteiger partial charge in [0.15, 0.2) is 0 Å². The molecule has 1 saturated heterocycles. The van der Waals surface area contributed by atoms with Crippen LogP contribution in [0.2, 0.25) is 0 Å². The van der Waals surface area contributed by atoms with E-state index >= 15 is 0 Å². The number of rotatable bonds is 2. The van der Waals surface area contributed by atoms with Crippen LogP contribution >= 0.6 is 0 Å². The molecule has 1 aliphatic heterocycles. The van der Waals surface area contributed by atoms with E-state index in [9.17, 15) is 9.59 Å². The van der Waals surface area contributed by atoms with Gasteiger partial charge in [-0.15, -0.1) is 0 Å². The number of benzene rings is 1. The average molecular weight is 355 g/mol. The molecule has 0 N–H and O–H groups in total. The van der Waals surface area contributed by atoms with Crippen molar-refractivity contribution in [1.29, 1.82) is 0 Å². The van der Waals surface area contributed by atoms with Gasteiger partial charge in [0.1, 0.15) is 5.60 Å². The summed E-state index contributed by atoms with van der Waals surface area (Å²) < 4.78 is 10.2. The van der Waals surface area contributed by atoms with E-state index < -0.39 is 5.60 Å². The molecule has 0 unspecified atom stereocenters. The van der Waals surface area contributed by atoms with Gasteiger partial charge in [0.05, 0.1) is 12.7 Å². The molecule has 0 atom stereocenters. The van der Waals surface area contributed by atoms with Crippen molar-refractivity contribution < 1.29 is 50.0 Å². The quantitative estimate of drug-likeness (QED) is 0.587. The molecular formula is C19H26NNaO4. The van der Waals surface area contributed by atoms with Gasteiger partial charge in [-0.2, -0.15) is 0 Å². The summed E-state index contributed by atoms with van der Waals surface area (Å²) in [5, 5.41) is 0. The van der Waals surface area contributed by atoms with Gasteiger partial charge >= 0.3 is 41.6 Å². The SMILES string of the molecule is COC(=O)c1ccccc1C=C1CCN(C(=O)OC(C)(C)C)CC1.[H-].[Na+]. The summed E-state index contributed by atoms with van der Waals surface area (Å²) >= 11 is 0. The maximum atomic E-state index is 12.1. The third-order valence-corrected chi connectivity index (χ3v) is 3.78. The molecule has 0 spiro atoms. The Morgan fingerprint density at radius 2 is 1.76 bits per heavy atom. The number of nitrogens with zero attached hydrogens (tertiary/aromatic N) is 1. The molecule has 132 valence electrons. The van der Waals surface area contributed by atoms with Crippen LogP contribution in [0, 0.1) is 0 Å². The summed E-state index contributed by atoms with van der Waals surface area (Å²) in [5.41, 5.74) is 2.14. The van der Waals surface area contributed by atoms with Crippen molar-refractivity contribution in [1.82, 2.24) is 4.90 Å². The largest absolute Gasteiger partial charge is 1.00 e. The Morgan fingerprint density at radius 1 is 1.16 bits per heavy atom. The number of hydrogen-bond donors (Lipinski definition) is 0. The Labute approximate surface area is 173 Å². The Balaban J connectivity index is 0.00000312. The minimum atomic E-state index is -0.480. The Hall–Kier alpha value is -1.30. The molecular weight excluding hydrogens is 329 g/mol. The van der Waals surface area contributed by atoms with Gasteiger partial charge in [-0.05, 0) is 45.2 Å². The molecule has 1 aromatic rings. The van der Waals surface area contributed by atoms with E-state index in [-0.39, 0.29) is 43.0 Å². The summed E-state index contributed by atoms with van der Waals surface area (Å²) in [5.74, 6) is -0.339. The van der Waals surface area contributed by atoms with Crippen molar-refractivity contribution >= 4 is 18.1 Å². The van der Waals surface area contributed by atoms with Crippen LogP contribution in [-0.2, 0) is 9.47 Å². The first-order valence-corrected chi connectivity index (χ1v) is 8.15. The summed E-state index contributed by atoms with van der Waals surface area (Å²) in [7, 11) is 1.38. The molecule has 0 aliphatic carbocycles. The van der Waals surface area contributed by atoms with Crippen molar-refractivity contribution in [2.45, 2.75) is 39.2 Å². The van der Waals surface area contributed by atoms with Crippen LogP contribution < -0.4 is 29.6 Å². The molecule has 1 aliphatic rings. The average Bonchev–Trinajstić information content (AvgIpc) is 2.53. The van der Waals surface area contributed by atoms with Gasteiger partial charge < -0.3 is 15.8 Å². The van der Waals surface area contributed by atoms with Gasteiger partial charge in [-0.3, -0.25) is 0 Å². The van der Waals surface area contributed by atoms with Crippen LogP contribution in [-0.4, -0.2) is 42.8 Å². The molecule has 0 bridgehead atoms. The molecule has 5 nitrogen and oxygen atoms in total. The molecule has 1 amide bonds. The fourth-order valence-electron chi connectivity index (χ4n) is 2.59. The van der Waals surface area contributed by atoms with E-state index in [2.05, 4.69) is 0 Å². The predicted molar refractivity (Wildman–Crippen MR) is 93.9 cm³/mol. The van der Waals surface area contributed by atoms with E-state index in [4.69, 9.17) is 9.47 Å². The summed E-state index contributed by atoms with van der Waals surface area (Å²) in [6, 6.07) is 7.38. The molecule has 0 saturated carbocycles. The van der Waals surface area contributed by atoms with E-state index in [1.807, 2.05) is 45.0 Å². The second-order valence-corrected chi connectivity index (χ2v) is 6.85. The number of piperidine rings is 1. The Kier molecular flexibility index (Phi) is 8.19. The maximum Gasteiger partial charge on any atom is 1.00 e. The number of amides is 1. The molecule has 6 heteroatoms. The zero-order valence-electron chi connectivity index (χ0n) is 16.8. The fraction of sp³-hybridized carbons (Fsp3) is 0.474. The van der Waals surface area contributed by atoms with Crippen molar-refractivity contribution in [3.05, 3.63) is 41.0 Å². The molecule has 0 aromatic heterocycles. The standard InChI is InChI=1S/C19H25NO4.Na.H/c1-19(2,3)24-18(22)20-11-9-14(10-12-20)13-15-7-5-6-8-16(15)17(21)23-4;;/h5-8,13H,9-12H2,1-4H3;;/q;+1;-1. The Bertz CT molecular complexity index is 645. The second kappa shape index (κ2) is 9.41. The van der Waals surface area contributed by atoms with E-state index in [0.29, 0.717) is 18.7 Å². The van der Waals surface area contributed by atoms with Gasteiger partial charge in [0, 0.05) is 13.1 Å². The van der Waals surface area contributed by atoms with Crippen molar-refractivity contribution in [2.75, 3.05) is 20.2 Å². The number of likely N-dealkylation sites (tertiary alicyclic amines) is 1. The molecule has 1 aromatic carbocycles. The molecule has 25 heavy (non-hydrogen) atoms. The zero-order chi connectivity index (χ0) is 17.7. The molecule has 1 fully saturated rings. The van der Waals surface area contributed by atoms with Crippen LogP contribution in [0.1, 0.15) is 51.0 Å². The number of methoxy groups -OCH3 is 1. The number of ether oxygens (including phenoxy) is 2. The van der Waals surface area contributed by atoms with Crippen LogP contribution in [0.5, 0.6) is 0 Å². The van der Waals surface area contributed by atoms with E-state index in [0.717, 1.165) is 18.4 Å². The molecule has 0 radical (unpaired) electrons. The zero-order valence-corrected chi connectivity index (χ0v) is 17.8. The maximum absolute atomic E-state index is 12.1. The summed E-state index contributed by atoms with van der Waals surface area (Å²) in [4.78, 5) is 25.6. The number of esters is 1. The van der Waals surface area contributed by atoms with Crippen molar-refractivity contribution in [2.24, 2.45) is 0 Å². The number of hydrogen-bond acceptors (Lipinski definition) is 4. The first-order chi connectivity index (χ1) is 11.3. The van der Waals surface area contributed by atoms with Gasteiger partial charge in [-0.1, -0.05) is 29.8 Å². The second-order valence-electron chi connectivity index (χ2n) is 6.85. The van der Waals surface area contributed by atoms with Crippen molar-refractivity contribution in [3.8, 4) is 0 Å². The Morgan fingerprint density at radius 3 is 2.32 bits per heavy atom. The van der Waals surface area contributed by atoms with Gasteiger partial charge in [-0.25, -0.2) is 9.59 Å². The van der Waals surface area contributed by atoms with Gasteiger partial charge in [0.2, 0.25) is 0 Å². The normalized spacial score (nSPS) is 14.4. The summed E-state index contributed by atoms with van der Waals surface area (Å²) in [6.07, 6.45) is 3.30. The third kappa shape index (κ3) is 6.49. The number of carbonyl (C=O) groups is 2. The van der Waals surface area contributed by atoms with E-state index in [1.54, 1.807) is 11.0 Å². The van der Waals surface area contributed by atoms with E-state index in [1.165, 1.54) is 12.7 Å². The first-order valence-electron chi connectivity index (χ1n) is 8.15. The number of carbonyl (C=O) groups excluding carboxylic acids is 2. The van der Waals surface area contributed by atoms with Crippen LogP contribution in [0.15, 0.2) is 29.8 Å². The van der Waals surface area contributed by atoms with Crippen LogP contribution in [0.4, 0.5) is 4.79 Å².